The molecular formula is C22H28N4O2. The van der Waals surface area contributed by atoms with E-state index in [2.05, 4.69) is 59.2 Å². The fourth-order valence-electron chi connectivity index (χ4n) is 4.01. The van der Waals surface area contributed by atoms with Gasteiger partial charge in [-0.2, -0.15) is 0 Å². The first-order valence-corrected chi connectivity index (χ1v) is 9.96. The summed E-state index contributed by atoms with van der Waals surface area (Å²) < 4.78 is 5.80. The number of ether oxygens (including phenoxy) is 1. The first-order chi connectivity index (χ1) is 13.6. The maximum absolute atomic E-state index is 12.6. The van der Waals surface area contributed by atoms with Gasteiger partial charge in [-0.05, 0) is 50.1 Å². The van der Waals surface area contributed by atoms with Crippen LogP contribution in [0.15, 0.2) is 54.6 Å². The van der Waals surface area contributed by atoms with Crippen LogP contribution in [-0.2, 0) is 9.53 Å². The van der Waals surface area contributed by atoms with Gasteiger partial charge in [-0.1, -0.05) is 30.3 Å². The summed E-state index contributed by atoms with van der Waals surface area (Å²) in [4.78, 5) is 15.0. The summed E-state index contributed by atoms with van der Waals surface area (Å²) in [7, 11) is 0. The molecule has 2 heterocycles. The van der Waals surface area contributed by atoms with Gasteiger partial charge in [-0.15, -0.1) is 0 Å². The van der Waals surface area contributed by atoms with Gasteiger partial charge < -0.3 is 15.0 Å². The number of hydrazine groups is 1. The van der Waals surface area contributed by atoms with Crippen LogP contribution in [0.2, 0.25) is 0 Å². The van der Waals surface area contributed by atoms with Crippen molar-refractivity contribution in [1.82, 2.24) is 10.9 Å². The number of carbonyl (C=O) groups excluding carboxylic acids is 1. The maximum atomic E-state index is 12.6. The van der Waals surface area contributed by atoms with Crippen LogP contribution < -0.4 is 21.1 Å². The van der Waals surface area contributed by atoms with E-state index in [4.69, 9.17) is 4.74 Å². The zero-order valence-corrected chi connectivity index (χ0v) is 16.4. The minimum atomic E-state index is -0.258. The van der Waals surface area contributed by atoms with Crippen LogP contribution in [0.25, 0.3) is 0 Å². The summed E-state index contributed by atoms with van der Waals surface area (Å²) in [5, 5.41) is 3.02. The molecule has 6 nitrogen and oxygen atoms in total. The lowest BCUT2D eigenvalue weighted by Crippen LogP contribution is -2.45. The van der Waals surface area contributed by atoms with Crippen molar-refractivity contribution in [1.29, 1.82) is 0 Å². The molecule has 4 atom stereocenters. The molecule has 28 heavy (non-hydrogen) atoms. The number of nitrogens with zero attached hydrogens (tertiary/aromatic N) is 1. The van der Waals surface area contributed by atoms with Crippen LogP contribution in [-0.4, -0.2) is 37.2 Å². The van der Waals surface area contributed by atoms with Gasteiger partial charge in [0.2, 0.25) is 5.91 Å². The number of benzene rings is 2. The van der Waals surface area contributed by atoms with Gasteiger partial charge in [0.1, 0.15) is 6.04 Å². The molecule has 0 bridgehead atoms. The zero-order valence-electron chi connectivity index (χ0n) is 16.4. The van der Waals surface area contributed by atoms with Gasteiger partial charge in [0.05, 0.1) is 12.2 Å². The van der Waals surface area contributed by atoms with Crippen LogP contribution in [0, 0.1) is 0 Å². The Hall–Kier alpha value is -2.41. The summed E-state index contributed by atoms with van der Waals surface area (Å²) in [6, 6.07) is 18.1. The van der Waals surface area contributed by atoms with E-state index in [1.807, 2.05) is 30.3 Å². The summed E-state index contributed by atoms with van der Waals surface area (Å²) in [5.41, 5.74) is 9.49. The minimum Gasteiger partial charge on any atom is -0.372 e. The van der Waals surface area contributed by atoms with E-state index in [0.717, 1.165) is 30.9 Å². The first-order valence-electron chi connectivity index (χ1n) is 9.96. The summed E-state index contributed by atoms with van der Waals surface area (Å²) >= 11 is 0. The third-order valence-electron chi connectivity index (χ3n) is 5.34. The van der Waals surface area contributed by atoms with E-state index in [1.54, 1.807) is 0 Å². The molecule has 2 fully saturated rings. The monoisotopic (exact) mass is 380 g/mol. The molecule has 0 spiro atoms. The maximum Gasteiger partial charge on any atom is 0.242 e. The third-order valence-corrected chi connectivity index (χ3v) is 5.34. The molecule has 6 heteroatoms. The van der Waals surface area contributed by atoms with Gasteiger partial charge in [0.25, 0.3) is 0 Å². The molecule has 2 aliphatic heterocycles. The number of carbonyl (C=O) groups is 1. The molecule has 2 aromatic carbocycles. The third kappa shape index (κ3) is 4.35. The fraction of sp³-hybridized carbons (Fsp3) is 0.409. The van der Waals surface area contributed by atoms with E-state index in [9.17, 15) is 4.79 Å². The van der Waals surface area contributed by atoms with Crippen LogP contribution in [0.3, 0.4) is 0 Å². The average Bonchev–Trinajstić information content (AvgIpc) is 3.19. The topological polar surface area (TPSA) is 65.6 Å². The SMILES string of the molecule is CC1CN(c2ccc(NC(=O)C3CC(c4ccccc4)NN3)cc2)CC(C)O1. The number of nitrogens with one attached hydrogen (secondary N) is 3. The number of hydrogen-bond donors (Lipinski definition) is 3. The van der Waals surface area contributed by atoms with E-state index in [0.29, 0.717) is 0 Å². The number of hydrogen-bond acceptors (Lipinski definition) is 5. The Morgan fingerprint density at radius 2 is 1.68 bits per heavy atom. The average molecular weight is 380 g/mol. The molecule has 2 saturated heterocycles. The minimum absolute atomic E-state index is 0.0210. The highest BCUT2D eigenvalue weighted by Gasteiger charge is 2.30. The predicted molar refractivity (Wildman–Crippen MR) is 111 cm³/mol. The van der Waals surface area contributed by atoms with E-state index in [-0.39, 0.29) is 30.2 Å². The number of amides is 1. The second-order valence-corrected chi connectivity index (χ2v) is 7.74. The Morgan fingerprint density at radius 3 is 2.36 bits per heavy atom. The summed E-state index contributed by atoms with van der Waals surface area (Å²) in [5.74, 6) is -0.0210. The lowest BCUT2D eigenvalue weighted by atomic mass is 10.0. The zero-order chi connectivity index (χ0) is 19.5. The van der Waals surface area contributed by atoms with Crippen molar-refractivity contribution >= 4 is 17.3 Å². The van der Waals surface area contributed by atoms with Crippen LogP contribution in [0.1, 0.15) is 31.9 Å². The van der Waals surface area contributed by atoms with E-state index >= 15 is 0 Å². The Kier molecular flexibility index (Phi) is 5.62. The molecule has 0 saturated carbocycles. The molecule has 0 aliphatic carbocycles. The Bertz CT molecular complexity index is 786. The lowest BCUT2D eigenvalue weighted by molar-refractivity contribution is -0.117. The van der Waals surface area contributed by atoms with Crippen molar-refractivity contribution in [3.8, 4) is 0 Å². The molecular weight excluding hydrogens is 352 g/mol. The summed E-state index contributed by atoms with van der Waals surface area (Å²) in [6.07, 6.45) is 1.17. The van der Waals surface area contributed by atoms with Crippen LogP contribution >= 0.6 is 0 Å². The van der Waals surface area contributed by atoms with Crippen LogP contribution in [0.5, 0.6) is 0 Å². The van der Waals surface area contributed by atoms with Crippen molar-refractivity contribution < 1.29 is 9.53 Å². The van der Waals surface area contributed by atoms with Crippen molar-refractivity contribution in [2.75, 3.05) is 23.3 Å². The van der Waals surface area contributed by atoms with Gasteiger partial charge in [0.15, 0.2) is 0 Å². The molecule has 0 radical (unpaired) electrons. The smallest absolute Gasteiger partial charge is 0.242 e. The van der Waals surface area contributed by atoms with Gasteiger partial charge in [0, 0.05) is 30.5 Å². The second-order valence-electron chi connectivity index (χ2n) is 7.74. The van der Waals surface area contributed by atoms with E-state index < -0.39 is 0 Å². The lowest BCUT2D eigenvalue weighted by Gasteiger charge is -2.36. The first kappa shape index (κ1) is 18.9. The highest BCUT2D eigenvalue weighted by molar-refractivity contribution is 5.95. The number of anilines is 2. The van der Waals surface area contributed by atoms with Crippen molar-refractivity contribution in [2.24, 2.45) is 0 Å². The highest BCUT2D eigenvalue weighted by atomic mass is 16.5. The molecule has 0 aromatic heterocycles. The molecule has 2 aromatic rings. The molecule has 1 amide bonds. The quantitative estimate of drug-likeness (QED) is 0.761. The van der Waals surface area contributed by atoms with E-state index in [1.165, 1.54) is 5.56 Å². The van der Waals surface area contributed by atoms with Crippen LogP contribution in [0.4, 0.5) is 11.4 Å². The summed E-state index contributed by atoms with van der Waals surface area (Å²) in [6.45, 7) is 5.97. The Labute approximate surface area is 166 Å². The normalized spacial score (nSPS) is 27.6. The molecule has 3 N–H and O–H groups in total. The molecule has 2 aliphatic rings. The molecule has 148 valence electrons. The Morgan fingerprint density at radius 1 is 1.00 bits per heavy atom. The van der Waals surface area contributed by atoms with Gasteiger partial charge in [-0.25, -0.2) is 10.9 Å². The number of morpholine rings is 1. The predicted octanol–water partition coefficient (Wildman–Crippen LogP) is 2.85. The number of rotatable bonds is 4. The van der Waals surface area contributed by atoms with Gasteiger partial charge in [-0.3, -0.25) is 4.79 Å². The van der Waals surface area contributed by atoms with Gasteiger partial charge >= 0.3 is 0 Å². The fourth-order valence-corrected chi connectivity index (χ4v) is 4.01. The standard InChI is InChI=1S/C22H28N4O2/c1-15-13-26(14-16(2)28-15)19-10-8-18(9-11-19)23-22(27)21-12-20(24-25-21)17-6-4-3-5-7-17/h3-11,15-16,20-21,24-25H,12-14H2,1-2H3,(H,23,27). The van der Waals surface area contributed by atoms with Crippen molar-refractivity contribution in [3.05, 3.63) is 60.2 Å². The second kappa shape index (κ2) is 8.31. The Balaban J connectivity index is 1.34. The van der Waals surface area contributed by atoms with Crippen molar-refractivity contribution in [3.63, 3.8) is 0 Å². The molecule has 4 unspecified atom stereocenters. The largest absolute Gasteiger partial charge is 0.372 e. The van der Waals surface area contributed by atoms with Crippen molar-refractivity contribution in [2.45, 2.75) is 44.6 Å². The highest BCUT2D eigenvalue weighted by Crippen LogP contribution is 2.24. The molecule has 4 rings (SSSR count).